The van der Waals surface area contributed by atoms with Gasteiger partial charge in [0.1, 0.15) is 0 Å². The molecular formula is C12H24N2O. The van der Waals surface area contributed by atoms with Crippen LogP contribution in [0.5, 0.6) is 0 Å². The van der Waals surface area contributed by atoms with Gasteiger partial charge in [0.15, 0.2) is 0 Å². The van der Waals surface area contributed by atoms with Gasteiger partial charge in [-0.2, -0.15) is 0 Å². The maximum atomic E-state index is 5.94. The summed E-state index contributed by atoms with van der Waals surface area (Å²) in [6, 6.07) is 1.09. The van der Waals surface area contributed by atoms with Crippen LogP contribution in [0.3, 0.4) is 0 Å². The van der Waals surface area contributed by atoms with Crippen LogP contribution in [0.15, 0.2) is 0 Å². The minimum absolute atomic E-state index is 0.407. The van der Waals surface area contributed by atoms with Crippen molar-refractivity contribution in [2.75, 3.05) is 20.2 Å². The van der Waals surface area contributed by atoms with Gasteiger partial charge in [-0.15, -0.1) is 0 Å². The van der Waals surface area contributed by atoms with Crippen LogP contribution in [0.2, 0.25) is 0 Å². The zero-order chi connectivity index (χ0) is 10.8. The van der Waals surface area contributed by atoms with Crippen LogP contribution in [0.1, 0.15) is 32.6 Å². The van der Waals surface area contributed by atoms with Crippen molar-refractivity contribution in [3.63, 3.8) is 0 Å². The van der Waals surface area contributed by atoms with E-state index in [0.29, 0.717) is 18.2 Å². The van der Waals surface area contributed by atoms with E-state index in [9.17, 15) is 0 Å². The van der Waals surface area contributed by atoms with Crippen molar-refractivity contribution < 1.29 is 4.74 Å². The van der Waals surface area contributed by atoms with Gasteiger partial charge in [-0.3, -0.25) is 0 Å². The van der Waals surface area contributed by atoms with Gasteiger partial charge in [-0.05, 0) is 45.6 Å². The molecule has 1 heterocycles. The largest absolute Gasteiger partial charge is 0.377 e. The van der Waals surface area contributed by atoms with E-state index in [-0.39, 0.29) is 0 Å². The molecule has 3 nitrogen and oxygen atoms in total. The summed E-state index contributed by atoms with van der Waals surface area (Å²) in [5.74, 6) is 0.817. The zero-order valence-electron chi connectivity index (χ0n) is 9.98. The van der Waals surface area contributed by atoms with Gasteiger partial charge < -0.3 is 15.4 Å². The van der Waals surface area contributed by atoms with Crippen LogP contribution in [0.4, 0.5) is 0 Å². The first-order valence-corrected chi connectivity index (χ1v) is 6.24. The predicted octanol–water partition coefficient (Wildman–Crippen LogP) is 1.22. The van der Waals surface area contributed by atoms with Gasteiger partial charge >= 0.3 is 0 Å². The maximum absolute atomic E-state index is 5.94. The van der Waals surface area contributed by atoms with Crippen molar-refractivity contribution in [3.05, 3.63) is 0 Å². The third kappa shape index (κ3) is 2.71. The number of ether oxygens (including phenoxy) is 1. The summed E-state index contributed by atoms with van der Waals surface area (Å²) in [5.41, 5.74) is 5.94. The Bertz CT molecular complexity index is 210. The van der Waals surface area contributed by atoms with Crippen molar-refractivity contribution in [2.24, 2.45) is 11.7 Å². The Morgan fingerprint density at radius 3 is 2.67 bits per heavy atom. The van der Waals surface area contributed by atoms with Crippen LogP contribution < -0.4 is 5.73 Å². The first kappa shape index (κ1) is 11.4. The fourth-order valence-electron chi connectivity index (χ4n) is 3.12. The molecule has 0 aromatic carbocycles. The molecule has 2 fully saturated rings. The van der Waals surface area contributed by atoms with Gasteiger partial charge in [0.05, 0.1) is 6.10 Å². The number of hydrogen-bond donors (Lipinski definition) is 1. The van der Waals surface area contributed by atoms with Crippen molar-refractivity contribution in [2.45, 2.75) is 50.8 Å². The Kier molecular flexibility index (Phi) is 3.65. The van der Waals surface area contributed by atoms with Crippen LogP contribution in [-0.2, 0) is 4.74 Å². The van der Waals surface area contributed by atoms with Crippen molar-refractivity contribution in [1.29, 1.82) is 0 Å². The fourth-order valence-corrected chi connectivity index (χ4v) is 3.12. The molecule has 0 aromatic heterocycles. The summed E-state index contributed by atoms with van der Waals surface area (Å²) in [6.07, 6.45) is 5.34. The number of hydrogen-bond acceptors (Lipinski definition) is 3. The second kappa shape index (κ2) is 4.81. The molecule has 4 unspecified atom stereocenters. The minimum atomic E-state index is 0.407. The Balaban J connectivity index is 1.78. The molecule has 1 aliphatic heterocycles. The second-order valence-corrected chi connectivity index (χ2v) is 5.31. The van der Waals surface area contributed by atoms with Crippen LogP contribution in [0.25, 0.3) is 0 Å². The first-order chi connectivity index (χ1) is 7.16. The molecule has 0 aromatic rings. The smallest absolute Gasteiger partial charge is 0.0702 e. The Hall–Kier alpha value is -0.120. The lowest BCUT2D eigenvalue weighted by Crippen LogP contribution is -2.39. The number of nitrogens with two attached hydrogens (primary N) is 1. The average molecular weight is 212 g/mol. The molecule has 0 spiro atoms. The zero-order valence-corrected chi connectivity index (χ0v) is 9.98. The van der Waals surface area contributed by atoms with Gasteiger partial charge in [0.2, 0.25) is 0 Å². The van der Waals surface area contributed by atoms with E-state index in [2.05, 4.69) is 18.9 Å². The second-order valence-electron chi connectivity index (χ2n) is 5.31. The molecule has 1 aliphatic carbocycles. The number of nitrogens with zero attached hydrogens (tertiary/aromatic N) is 1. The van der Waals surface area contributed by atoms with Gasteiger partial charge in [0, 0.05) is 25.2 Å². The summed E-state index contributed by atoms with van der Waals surface area (Å²) in [7, 11) is 2.24. The number of likely N-dealkylation sites (N-methyl/N-ethyl adjacent to an activating group) is 1. The van der Waals surface area contributed by atoms with E-state index in [1.165, 1.54) is 32.2 Å². The van der Waals surface area contributed by atoms with E-state index in [1.54, 1.807) is 0 Å². The van der Waals surface area contributed by atoms with Crippen molar-refractivity contribution in [1.82, 2.24) is 4.90 Å². The molecule has 4 atom stereocenters. The first-order valence-electron chi connectivity index (χ1n) is 6.24. The molecule has 0 radical (unpaired) electrons. The molecule has 2 aliphatic rings. The Morgan fingerprint density at radius 2 is 2.13 bits per heavy atom. The van der Waals surface area contributed by atoms with Crippen LogP contribution >= 0.6 is 0 Å². The summed E-state index contributed by atoms with van der Waals surface area (Å²) >= 11 is 0. The molecule has 1 saturated carbocycles. The highest BCUT2D eigenvalue weighted by Gasteiger charge is 2.30. The van der Waals surface area contributed by atoms with E-state index in [0.717, 1.165) is 12.5 Å². The standard InChI is InChI=1S/C12H24N2O/c1-9-12(5-6-15-9)14(2)8-10-3-4-11(13)7-10/h9-12H,3-8,13H2,1-2H3. The van der Waals surface area contributed by atoms with Crippen molar-refractivity contribution in [3.8, 4) is 0 Å². The van der Waals surface area contributed by atoms with Gasteiger partial charge in [-0.25, -0.2) is 0 Å². The lowest BCUT2D eigenvalue weighted by molar-refractivity contribution is 0.0784. The van der Waals surface area contributed by atoms with Gasteiger partial charge in [-0.1, -0.05) is 0 Å². The highest BCUT2D eigenvalue weighted by atomic mass is 16.5. The molecule has 3 heteroatoms. The summed E-state index contributed by atoms with van der Waals surface area (Å²) in [4.78, 5) is 2.49. The lowest BCUT2D eigenvalue weighted by Gasteiger charge is -2.29. The highest BCUT2D eigenvalue weighted by Crippen LogP contribution is 2.27. The lowest BCUT2D eigenvalue weighted by atomic mass is 10.0. The molecule has 0 amide bonds. The summed E-state index contributed by atoms with van der Waals surface area (Å²) in [5, 5.41) is 0. The molecular weight excluding hydrogens is 188 g/mol. The summed E-state index contributed by atoms with van der Waals surface area (Å²) < 4.78 is 5.61. The quantitative estimate of drug-likeness (QED) is 0.764. The highest BCUT2D eigenvalue weighted by molar-refractivity contribution is 4.85. The maximum Gasteiger partial charge on any atom is 0.0702 e. The van der Waals surface area contributed by atoms with Crippen molar-refractivity contribution >= 4 is 0 Å². The SMILES string of the molecule is CC1OCCC1N(C)CC1CCC(N)C1. The van der Waals surface area contributed by atoms with E-state index >= 15 is 0 Å². The van der Waals surface area contributed by atoms with Crippen LogP contribution in [0, 0.1) is 5.92 Å². The van der Waals surface area contributed by atoms with Crippen LogP contribution in [-0.4, -0.2) is 43.3 Å². The Morgan fingerprint density at radius 1 is 1.33 bits per heavy atom. The normalized spacial score (nSPS) is 41.6. The summed E-state index contributed by atoms with van der Waals surface area (Å²) in [6.45, 7) is 4.32. The fraction of sp³-hybridized carbons (Fsp3) is 1.00. The third-order valence-corrected chi connectivity index (χ3v) is 4.03. The predicted molar refractivity (Wildman–Crippen MR) is 61.8 cm³/mol. The van der Waals surface area contributed by atoms with Gasteiger partial charge in [0.25, 0.3) is 0 Å². The van der Waals surface area contributed by atoms with E-state index in [1.807, 2.05) is 0 Å². The molecule has 15 heavy (non-hydrogen) atoms. The molecule has 0 bridgehead atoms. The topological polar surface area (TPSA) is 38.5 Å². The monoisotopic (exact) mass is 212 g/mol. The van der Waals surface area contributed by atoms with E-state index in [4.69, 9.17) is 10.5 Å². The van der Waals surface area contributed by atoms with E-state index < -0.39 is 0 Å². The molecule has 2 N–H and O–H groups in total. The minimum Gasteiger partial charge on any atom is -0.377 e. The Labute approximate surface area is 93.0 Å². The number of rotatable bonds is 3. The molecule has 1 saturated heterocycles. The third-order valence-electron chi connectivity index (χ3n) is 4.03. The molecule has 2 rings (SSSR count). The average Bonchev–Trinajstić information content (AvgIpc) is 2.75. The molecule has 88 valence electrons.